The molecule has 28 heavy (non-hydrogen) atoms. The molecule has 0 aliphatic heterocycles. The summed E-state index contributed by atoms with van der Waals surface area (Å²) in [6, 6.07) is 14.3. The summed E-state index contributed by atoms with van der Waals surface area (Å²) in [5.41, 5.74) is 1.14. The summed E-state index contributed by atoms with van der Waals surface area (Å²) in [6.45, 7) is 1.67. The van der Waals surface area contributed by atoms with Gasteiger partial charge in [-0.25, -0.2) is 4.98 Å². The zero-order valence-electron chi connectivity index (χ0n) is 15.0. The van der Waals surface area contributed by atoms with Gasteiger partial charge in [0.1, 0.15) is 5.82 Å². The summed E-state index contributed by atoms with van der Waals surface area (Å²) < 4.78 is 13.6. The topological polar surface area (TPSA) is 113 Å². The van der Waals surface area contributed by atoms with Gasteiger partial charge in [0.2, 0.25) is 11.8 Å². The van der Waals surface area contributed by atoms with Gasteiger partial charge in [-0.1, -0.05) is 30.3 Å². The Morgan fingerprint density at radius 2 is 1.93 bits per heavy atom. The van der Waals surface area contributed by atoms with Crippen LogP contribution in [0.15, 0.2) is 54.6 Å². The maximum absolute atomic E-state index is 13.6. The summed E-state index contributed by atoms with van der Waals surface area (Å²) >= 11 is 0. The van der Waals surface area contributed by atoms with Crippen molar-refractivity contribution in [3.05, 3.63) is 70.5 Å². The minimum absolute atomic E-state index is 0.105. The number of aromatic nitrogens is 2. The average Bonchev–Trinajstić information content (AvgIpc) is 2.69. The van der Waals surface area contributed by atoms with Crippen LogP contribution in [0.2, 0.25) is 0 Å². The zero-order valence-corrected chi connectivity index (χ0v) is 15.0. The van der Waals surface area contributed by atoms with E-state index in [-0.39, 0.29) is 18.6 Å². The van der Waals surface area contributed by atoms with Crippen LogP contribution < -0.4 is 10.6 Å². The first-order chi connectivity index (χ1) is 13.5. The fourth-order valence-electron chi connectivity index (χ4n) is 2.48. The molecule has 0 saturated carbocycles. The van der Waals surface area contributed by atoms with Crippen LogP contribution in [0.25, 0.3) is 11.3 Å². The lowest BCUT2D eigenvalue weighted by molar-refractivity contribution is -0.387. The van der Waals surface area contributed by atoms with Crippen LogP contribution in [0.3, 0.4) is 0 Å². The van der Waals surface area contributed by atoms with Crippen LogP contribution in [0.1, 0.15) is 6.92 Å². The molecule has 1 heterocycles. The molecule has 0 aliphatic carbocycles. The highest BCUT2D eigenvalue weighted by Gasteiger charge is 2.15. The molecule has 8 nitrogen and oxygen atoms in total. The first-order valence-electron chi connectivity index (χ1n) is 8.49. The summed E-state index contributed by atoms with van der Waals surface area (Å²) in [7, 11) is 0. The monoisotopic (exact) mass is 383 g/mol. The van der Waals surface area contributed by atoms with E-state index in [0.29, 0.717) is 17.2 Å². The van der Waals surface area contributed by atoms with Crippen molar-refractivity contribution < 1.29 is 14.4 Å². The van der Waals surface area contributed by atoms with E-state index in [0.717, 1.165) is 17.7 Å². The van der Waals surface area contributed by atoms with Crippen molar-refractivity contribution in [2.45, 2.75) is 13.0 Å². The van der Waals surface area contributed by atoms with Gasteiger partial charge in [-0.15, -0.1) is 0 Å². The van der Waals surface area contributed by atoms with Crippen LogP contribution in [-0.4, -0.2) is 32.6 Å². The van der Waals surface area contributed by atoms with E-state index < -0.39 is 16.4 Å². The van der Waals surface area contributed by atoms with Crippen LogP contribution in [-0.2, 0) is 0 Å². The molecule has 0 amide bonds. The van der Waals surface area contributed by atoms with E-state index in [4.69, 9.17) is 0 Å². The smallest absolute Gasteiger partial charge is 0.306 e. The number of benzene rings is 2. The van der Waals surface area contributed by atoms with Crippen LogP contribution >= 0.6 is 0 Å². The standard InChI is InChI=1S/C19H18FN5O3/c1-12(11-26)21-19-23-16(13-5-3-2-4-6-13)10-18(24-19)22-14-7-8-15(20)17(9-14)25(27)28/h2-10,12,26H,11H2,1H3,(H2,21,22,23,24)/t12-/m0/s1. The number of rotatable bonds is 7. The summed E-state index contributed by atoms with van der Waals surface area (Å²) in [4.78, 5) is 18.9. The van der Waals surface area contributed by atoms with Gasteiger partial charge in [-0.05, 0) is 19.1 Å². The van der Waals surface area contributed by atoms with Crippen molar-refractivity contribution in [3.63, 3.8) is 0 Å². The third kappa shape index (κ3) is 4.57. The quantitative estimate of drug-likeness (QED) is 0.421. The van der Waals surface area contributed by atoms with E-state index in [2.05, 4.69) is 20.6 Å². The van der Waals surface area contributed by atoms with E-state index in [9.17, 15) is 19.6 Å². The van der Waals surface area contributed by atoms with Crippen LogP contribution in [0.4, 0.5) is 27.5 Å². The number of aliphatic hydroxyl groups is 1. The molecule has 0 bridgehead atoms. The Bertz CT molecular complexity index is 985. The molecular formula is C19H18FN5O3. The normalized spacial score (nSPS) is 11.7. The largest absolute Gasteiger partial charge is 0.394 e. The zero-order chi connectivity index (χ0) is 20.1. The first kappa shape index (κ1) is 19.2. The Kier molecular flexibility index (Phi) is 5.75. The van der Waals surface area contributed by atoms with Crippen molar-refractivity contribution in [1.82, 2.24) is 9.97 Å². The van der Waals surface area contributed by atoms with Gasteiger partial charge in [-0.2, -0.15) is 9.37 Å². The molecule has 9 heteroatoms. The number of aliphatic hydroxyl groups excluding tert-OH is 1. The Hall–Kier alpha value is -3.59. The van der Waals surface area contributed by atoms with Gasteiger partial charge in [0.25, 0.3) is 0 Å². The van der Waals surface area contributed by atoms with Crippen LogP contribution in [0, 0.1) is 15.9 Å². The maximum atomic E-state index is 13.6. The lowest BCUT2D eigenvalue weighted by Crippen LogP contribution is -2.21. The van der Waals surface area contributed by atoms with Gasteiger partial charge < -0.3 is 15.7 Å². The van der Waals surface area contributed by atoms with Gasteiger partial charge in [0.05, 0.1) is 17.2 Å². The second kappa shape index (κ2) is 8.40. The third-order valence-corrected chi connectivity index (χ3v) is 3.86. The van der Waals surface area contributed by atoms with Gasteiger partial charge in [0, 0.05) is 29.4 Å². The number of halogens is 1. The molecule has 3 aromatic rings. The van der Waals surface area contributed by atoms with Crippen molar-refractivity contribution in [2.75, 3.05) is 17.2 Å². The molecule has 0 radical (unpaired) electrons. The molecule has 3 rings (SSSR count). The lowest BCUT2D eigenvalue weighted by atomic mass is 10.1. The predicted octanol–water partition coefficient (Wildman–Crippen LogP) is 3.73. The van der Waals surface area contributed by atoms with E-state index in [1.54, 1.807) is 13.0 Å². The molecule has 0 aliphatic rings. The summed E-state index contributed by atoms with van der Waals surface area (Å²) in [6.07, 6.45) is 0. The van der Waals surface area contributed by atoms with E-state index in [1.807, 2.05) is 30.3 Å². The highest BCUT2D eigenvalue weighted by molar-refractivity contribution is 5.68. The van der Waals surface area contributed by atoms with Crippen molar-refractivity contribution in [3.8, 4) is 11.3 Å². The molecule has 2 aromatic carbocycles. The maximum Gasteiger partial charge on any atom is 0.306 e. The Morgan fingerprint density at radius 1 is 1.18 bits per heavy atom. The second-order valence-corrected chi connectivity index (χ2v) is 6.10. The molecule has 0 saturated heterocycles. The Morgan fingerprint density at radius 3 is 2.61 bits per heavy atom. The minimum atomic E-state index is -0.915. The van der Waals surface area contributed by atoms with Crippen molar-refractivity contribution >= 4 is 23.1 Å². The molecule has 3 N–H and O–H groups in total. The van der Waals surface area contributed by atoms with Crippen molar-refractivity contribution in [1.29, 1.82) is 0 Å². The molecule has 0 fully saturated rings. The number of hydrogen-bond acceptors (Lipinski definition) is 7. The van der Waals surface area contributed by atoms with E-state index >= 15 is 0 Å². The second-order valence-electron chi connectivity index (χ2n) is 6.10. The average molecular weight is 383 g/mol. The third-order valence-electron chi connectivity index (χ3n) is 3.86. The van der Waals surface area contributed by atoms with E-state index in [1.165, 1.54) is 6.07 Å². The molecule has 0 spiro atoms. The fourth-order valence-corrected chi connectivity index (χ4v) is 2.48. The van der Waals surface area contributed by atoms with Gasteiger partial charge in [-0.3, -0.25) is 10.1 Å². The van der Waals surface area contributed by atoms with Crippen LogP contribution in [0.5, 0.6) is 0 Å². The first-order valence-corrected chi connectivity index (χ1v) is 8.49. The number of nitrogens with one attached hydrogen (secondary N) is 2. The molecule has 0 unspecified atom stereocenters. The molecule has 144 valence electrons. The van der Waals surface area contributed by atoms with Gasteiger partial charge >= 0.3 is 5.69 Å². The predicted molar refractivity (Wildman–Crippen MR) is 104 cm³/mol. The van der Waals surface area contributed by atoms with Gasteiger partial charge in [0.15, 0.2) is 0 Å². The summed E-state index contributed by atoms with van der Waals surface area (Å²) in [5, 5.41) is 26.1. The number of hydrogen-bond donors (Lipinski definition) is 3. The molecular weight excluding hydrogens is 365 g/mol. The number of nitro groups is 1. The number of nitrogens with zero attached hydrogens (tertiary/aromatic N) is 3. The Balaban J connectivity index is 1.98. The number of anilines is 3. The summed E-state index contributed by atoms with van der Waals surface area (Å²) in [5.74, 6) is -0.272. The highest BCUT2D eigenvalue weighted by Crippen LogP contribution is 2.26. The number of nitro benzene ring substituents is 1. The SMILES string of the molecule is C[C@@H](CO)Nc1nc(Nc2ccc(F)c([N+](=O)[O-])c2)cc(-c2ccccc2)n1. The highest BCUT2D eigenvalue weighted by atomic mass is 19.1. The molecule has 1 aromatic heterocycles. The molecule has 1 atom stereocenters. The van der Waals surface area contributed by atoms with Crippen molar-refractivity contribution in [2.24, 2.45) is 0 Å². The Labute approximate surface area is 160 Å². The fraction of sp³-hybridized carbons (Fsp3) is 0.158. The lowest BCUT2D eigenvalue weighted by Gasteiger charge is -2.14. The minimum Gasteiger partial charge on any atom is -0.394 e.